The van der Waals surface area contributed by atoms with Gasteiger partial charge in [0.25, 0.3) is 0 Å². The van der Waals surface area contributed by atoms with Gasteiger partial charge in [-0.2, -0.15) is 0 Å². The normalized spacial score (nSPS) is 30.3. The molecule has 0 spiro atoms. The van der Waals surface area contributed by atoms with Crippen molar-refractivity contribution in [2.45, 2.75) is 52.1 Å². The van der Waals surface area contributed by atoms with Gasteiger partial charge in [-0.25, -0.2) is 0 Å². The summed E-state index contributed by atoms with van der Waals surface area (Å²) in [6.45, 7) is 4.95. The van der Waals surface area contributed by atoms with Crippen molar-refractivity contribution in [1.82, 2.24) is 0 Å². The highest BCUT2D eigenvalue weighted by atomic mass is 32.1. The van der Waals surface area contributed by atoms with Crippen molar-refractivity contribution in [3.05, 3.63) is 21.9 Å². The third-order valence-corrected chi connectivity index (χ3v) is 5.75. The fraction of sp³-hybridized carbons (Fsp3) is 0.733. The summed E-state index contributed by atoms with van der Waals surface area (Å²) in [4.78, 5) is 2.35. The Hall–Kier alpha value is -0.380. The zero-order chi connectivity index (χ0) is 13.2. The van der Waals surface area contributed by atoms with E-state index in [9.17, 15) is 5.11 Å². The third-order valence-electron chi connectivity index (χ3n) is 4.70. The summed E-state index contributed by atoms with van der Waals surface area (Å²) in [5, 5.41) is 10.7. The average molecular weight is 267 g/mol. The summed E-state index contributed by atoms with van der Waals surface area (Å²) in [5.41, 5.74) is 5.93. The fourth-order valence-corrected chi connectivity index (χ4v) is 4.16. The Bertz CT molecular complexity index is 380. The Labute approximate surface area is 114 Å². The summed E-state index contributed by atoms with van der Waals surface area (Å²) in [6, 6.07) is 4.15. The topological polar surface area (TPSA) is 46.2 Å². The van der Waals surface area contributed by atoms with Crippen LogP contribution in [-0.4, -0.2) is 11.7 Å². The van der Waals surface area contributed by atoms with Gasteiger partial charge in [-0.1, -0.05) is 13.3 Å². The zero-order valence-electron chi connectivity index (χ0n) is 11.5. The van der Waals surface area contributed by atoms with E-state index in [0.717, 1.165) is 23.6 Å². The highest BCUT2D eigenvalue weighted by Crippen LogP contribution is 2.48. The van der Waals surface area contributed by atoms with Crippen molar-refractivity contribution >= 4 is 11.3 Å². The number of thiophene rings is 1. The maximum Gasteiger partial charge on any atom is 0.0950 e. The van der Waals surface area contributed by atoms with E-state index in [1.807, 2.05) is 0 Å². The minimum atomic E-state index is -0.376. The van der Waals surface area contributed by atoms with E-state index in [2.05, 4.69) is 26.0 Å². The summed E-state index contributed by atoms with van der Waals surface area (Å²) >= 11 is 1.70. The smallest absolute Gasteiger partial charge is 0.0950 e. The van der Waals surface area contributed by atoms with Gasteiger partial charge in [-0.15, -0.1) is 11.3 Å². The molecule has 1 aliphatic carbocycles. The molecule has 18 heavy (non-hydrogen) atoms. The molecule has 3 N–H and O–H groups in total. The maximum absolute atomic E-state index is 10.7. The second-order valence-corrected chi connectivity index (χ2v) is 7.09. The van der Waals surface area contributed by atoms with Crippen molar-refractivity contribution in [1.29, 1.82) is 0 Å². The summed E-state index contributed by atoms with van der Waals surface area (Å²) in [5.74, 6) is 0.835. The Kier molecular flexibility index (Phi) is 4.46. The van der Waals surface area contributed by atoms with E-state index in [-0.39, 0.29) is 11.5 Å². The van der Waals surface area contributed by atoms with E-state index in [4.69, 9.17) is 5.73 Å². The van der Waals surface area contributed by atoms with Gasteiger partial charge >= 0.3 is 0 Å². The Morgan fingerprint density at radius 3 is 2.56 bits per heavy atom. The maximum atomic E-state index is 10.7. The first-order valence-electron chi connectivity index (χ1n) is 7.06. The van der Waals surface area contributed by atoms with Crippen molar-refractivity contribution in [3.8, 4) is 0 Å². The molecule has 0 amide bonds. The molecule has 1 fully saturated rings. The van der Waals surface area contributed by atoms with Crippen LogP contribution < -0.4 is 5.73 Å². The first-order valence-corrected chi connectivity index (χ1v) is 7.87. The molecule has 0 saturated heterocycles. The Morgan fingerprint density at radius 1 is 1.44 bits per heavy atom. The van der Waals surface area contributed by atoms with Crippen LogP contribution in [0.3, 0.4) is 0 Å². The van der Waals surface area contributed by atoms with Crippen molar-refractivity contribution in [3.63, 3.8) is 0 Å². The summed E-state index contributed by atoms with van der Waals surface area (Å²) in [7, 11) is 0. The Balaban J connectivity index is 2.13. The minimum Gasteiger partial charge on any atom is -0.387 e. The predicted molar refractivity (Wildman–Crippen MR) is 77.8 cm³/mol. The number of aliphatic hydroxyl groups excluding tert-OH is 1. The summed E-state index contributed by atoms with van der Waals surface area (Å²) in [6.07, 6.45) is 5.46. The van der Waals surface area contributed by atoms with Gasteiger partial charge in [0.2, 0.25) is 0 Å². The molecule has 1 saturated carbocycles. The molecule has 1 aliphatic rings. The third kappa shape index (κ3) is 2.63. The van der Waals surface area contributed by atoms with Crippen molar-refractivity contribution in [2.75, 3.05) is 6.54 Å². The zero-order valence-corrected chi connectivity index (χ0v) is 12.3. The highest BCUT2D eigenvalue weighted by molar-refractivity contribution is 7.12. The fourth-order valence-electron chi connectivity index (χ4n) is 3.15. The standard InChI is InChI=1S/C15H25NOS/c1-3-12-6-8-15(10-16,9-7-12)14(17)13-5-4-11(2)18-13/h4-5,12,14,17H,3,6-10,16H2,1-2H3. The van der Waals surface area contributed by atoms with E-state index in [1.165, 1.54) is 24.1 Å². The van der Waals surface area contributed by atoms with Crippen molar-refractivity contribution < 1.29 is 5.11 Å². The van der Waals surface area contributed by atoms with Crippen LogP contribution in [0.15, 0.2) is 12.1 Å². The molecule has 2 nitrogen and oxygen atoms in total. The number of hydrogen-bond acceptors (Lipinski definition) is 3. The lowest BCUT2D eigenvalue weighted by Gasteiger charge is -2.42. The van der Waals surface area contributed by atoms with Crippen LogP contribution in [0.2, 0.25) is 0 Å². The molecule has 1 heterocycles. The molecule has 0 radical (unpaired) electrons. The number of aliphatic hydroxyl groups is 1. The molecule has 3 heteroatoms. The second-order valence-electron chi connectivity index (χ2n) is 5.77. The van der Waals surface area contributed by atoms with Crippen LogP contribution in [0.1, 0.15) is 54.9 Å². The van der Waals surface area contributed by atoms with Gasteiger partial charge in [0.15, 0.2) is 0 Å². The molecule has 1 atom stereocenters. The van der Waals surface area contributed by atoms with Gasteiger partial charge in [-0.05, 0) is 50.7 Å². The van der Waals surface area contributed by atoms with Crippen LogP contribution in [0.5, 0.6) is 0 Å². The number of nitrogens with two attached hydrogens (primary N) is 1. The van der Waals surface area contributed by atoms with Crippen LogP contribution >= 0.6 is 11.3 Å². The molecular formula is C15H25NOS. The van der Waals surface area contributed by atoms with Gasteiger partial charge < -0.3 is 10.8 Å². The molecule has 1 aromatic rings. The number of hydrogen-bond donors (Lipinski definition) is 2. The lowest BCUT2D eigenvalue weighted by molar-refractivity contribution is -0.00806. The molecular weight excluding hydrogens is 242 g/mol. The molecule has 1 unspecified atom stereocenters. The van der Waals surface area contributed by atoms with E-state index in [1.54, 1.807) is 11.3 Å². The lowest BCUT2D eigenvalue weighted by atomic mass is 9.66. The van der Waals surface area contributed by atoms with E-state index >= 15 is 0 Å². The van der Waals surface area contributed by atoms with Crippen LogP contribution in [0, 0.1) is 18.3 Å². The van der Waals surface area contributed by atoms with Gasteiger partial charge in [0, 0.05) is 21.7 Å². The first kappa shape index (κ1) is 14.0. The minimum absolute atomic E-state index is 0.0804. The van der Waals surface area contributed by atoms with Gasteiger partial charge in [0.1, 0.15) is 0 Å². The molecule has 1 aromatic heterocycles. The van der Waals surface area contributed by atoms with Gasteiger partial charge in [-0.3, -0.25) is 0 Å². The van der Waals surface area contributed by atoms with Crippen LogP contribution in [0.4, 0.5) is 0 Å². The lowest BCUT2D eigenvalue weighted by Crippen LogP contribution is -2.39. The molecule has 2 rings (SSSR count). The average Bonchev–Trinajstić information content (AvgIpc) is 2.84. The van der Waals surface area contributed by atoms with Gasteiger partial charge in [0.05, 0.1) is 6.10 Å². The number of rotatable bonds is 4. The SMILES string of the molecule is CCC1CCC(CN)(C(O)c2ccc(C)s2)CC1. The summed E-state index contributed by atoms with van der Waals surface area (Å²) < 4.78 is 0. The second kappa shape index (κ2) is 5.72. The Morgan fingerprint density at radius 2 is 2.11 bits per heavy atom. The van der Waals surface area contributed by atoms with Crippen molar-refractivity contribution in [2.24, 2.45) is 17.1 Å². The molecule has 102 valence electrons. The van der Waals surface area contributed by atoms with Crippen LogP contribution in [0.25, 0.3) is 0 Å². The van der Waals surface area contributed by atoms with Crippen LogP contribution in [-0.2, 0) is 0 Å². The van der Waals surface area contributed by atoms with E-state index in [0.29, 0.717) is 6.54 Å². The first-order chi connectivity index (χ1) is 8.61. The van der Waals surface area contributed by atoms with E-state index < -0.39 is 0 Å². The highest BCUT2D eigenvalue weighted by Gasteiger charge is 2.41. The number of aryl methyl sites for hydroxylation is 1. The monoisotopic (exact) mass is 267 g/mol. The molecule has 0 aromatic carbocycles. The quantitative estimate of drug-likeness (QED) is 0.875. The predicted octanol–water partition coefficient (Wildman–Crippen LogP) is 3.64. The largest absolute Gasteiger partial charge is 0.387 e. The molecule has 0 aliphatic heterocycles. The molecule has 0 bridgehead atoms.